The Kier molecular flexibility index (Phi) is 6.13. The van der Waals surface area contributed by atoms with Crippen molar-refractivity contribution < 1.29 is 0 Å². The standard InChI is InChI=1S/C20H24ClN3/c21-17-10-5-4-9-16(17)15-23-20-13-3-1-2-8-14-22-18-11-6-7-12-19(18)24-20/h4-7,9-12,22H,1-3,8,13-15H2,(H,23,24). The Morgan fingerprint density at radius 2 is 1.62 bits per heavy atom. The van der Waals surface area contributed by atoms with Crippen LogP contribution in [0.5, 0.6) is 0 Å². The number of benzene rings is 2. The number of rotatable bonds is 2. The quantitative estimate of drug-likeness (QED) is 0.732. The van der Waals surface area contributed by atoms with Crippen LogP contribution in [-0.4, -0.2) is 12.4 Å². The zero-order valence-corrected chi connectivity index (χ0v) is 14.6. The summed E-state index contributed by atoms with van der Waals surface area (Å²) in [6.45, 7) is 1.63. The van der Waals surface area contributed by atoms with Crippen LogP contribution in [0.2, 0.25) is 5.02 Å². The molecule has 0 atom stereocenters. The van der Waals surface area contributed by atoms with Crippen molar-refractivity contribution in [2.24, 2.45) is 4.99 Å². The van der Waals surface area contributed by atoms with Crippen molar-refractivity contribution in [1.82, 2.24) is 0 Å². The summed E-state index contributed by atoms with van der Waals surface area (Å²) in [5.74, 6) is 1.03. The van der Waals surface area contributed by atoms with Crippen molar-refractivity contribution >= 4 is 28.8 Å². The molecule has 0 bridgehead atoms. The zero-order chi connectivity index (χ0) is 16.6. The molecule has 3 nitrogen and oxygen atoms in total. The molecule has 0 fully saturated rings. The molecule has 0 aliphatic carbocycles. The Morgan fingerprint density at radius 1 is 0.875 bits per heavy atom. The Balaban J connectivity index is 1.80. The molecule has 1 heterocycles. The van der Waals surface area contributed by atoms with Crippen LogP contribution < -0.4 is 10.6 Å². The lowest BCUT2D eigenvalue weighted by Crippen LogP contribution is -2.14. The number of para-hydroxylation sites is 2. The van der Waals surface area contributed by atoms with Gasteiger partial charge in [-0.05, 0) is 36.6 Å². The fraction of sp³-hybridized carbons (Fsp3) is 0.350. The van der Waals surface area contributed by atoms with Gasteiger partial charge in [-0.3, -0.25) is 4.99 Å². The molecule has 0 saturated carbocycles. The molecule has 0 aromatic heterocycles. The first-order valence-electron chi connectivity index (χ1n) is 8.69. The molecule has 0 unspecified atom stereocenters. The molecule has 2 aromatic rings. The largest absolute Gasteiger partial charge is 0.383 e. The van der Waals surface area contributed by atoms with Gasteiger partial charge in [-0.1, -0.05) is 54.8 Å². The monoisotopic (exact) mass is 341 g/mol. The molecule has 0 spiro atoms. The van der Waals surface area contributed by atoms with Crippen molar-refractivity contribution in [3.05, 3.63) is 59.1 Å². The maximum Gasteiger partial charge on any atom is 0.101 e. The topological polar surface area (TPSA) is 36.4 Å². The fourth-order valence-electron chi connectivity index (χ4n) is 2.88. The molecule has 24 heavy (non-hydrogen) atoms. The van der Waals surface area contributed by atoms with Crippen LogP contribution in [0.3, 0.4) is 0 Å². The van der Waals surface area contributed by atoms with Gasteiger partial charge >= 0.3 is 0 Å². The lowest BCUT2D eigenvalue weighted by atomic mass is 10.1. The van der Waals surface area contributed by atoms with Crippen LogP contribution in [0.25, 0.3) is 0 Å². The van der Waals surface area contributed by atoms with E-state index in [1.165, 1.54) is 19.3 Å². The van der Waals surface area contributed by atoms with E-state index in [2.05, 4.69) is 34.9 Å². The van der Waals surface area contributed by atoms with Crippen LogP contribution >= 0.6 is 11.6 Å². The summed E-state index contributed by atoms with van der Waals surface area (Å²) in [6.07, 6.45) is 5.84. The second kappa shape index (κ2) is 8.74. The van der Waals surface area contributed by atoms with Gasteiger partial charge in [-0.25, -0.2) is 0 Å². The van der Waals surface area contributed by atoms with Gasteiger partial charge in [-0.2, -0.15) is 0 Å². The molecule has 0 saturated heterocycles. The summed E-state index contributed by atoms with van der Waals surface area (Å²) in [6, 6.07) is 16.2. The number of nitrogens with zero attached hydrogens (tertiary/aromatic N) is 1. The highest BCUT2D eigenvalue weighted by Crippen LogP contribution is 2.23. The second-order valence-corrected chi connectivity index (χ2v) is 6.52. The van der Waals surface area contributed by atoms with E-state index in [1.54, 1.807) is 0 Å². The summed E-state index contributed by atoms with van der Waals surface area (Å²) < 4.78 is 0. The van der Waals surface area contributed by atoms with E-state index in [0.29, 0.717) is 6.54 Å². The average molecular weight is 342 g/mol. The highest BCUT2D eigenvalue weighted by atomic mass is 35.5. The summed E-state index contributed by atoms with van der Waals surface area (Å²) in [4.78, 5) is 4.81. The molecular formula is C20H24ClN3. The smallest absolute Gasteiger partial charge is 0.101 e. The lowest BCUT2D eigenvalue weighted by molar-refractivity contribution is 0.668. The number of fused-ring (bicyclic) bond motifs is 1. The summed E-state index contributed by atoms with van der Waals surface area (Å²) in [5, 5.41) is 7.83. The van der Waals surface area contributed by atoms with Gasteiger partial charge in [0.25, 0.3) is 0 Å². The van der Waals surface area contributed by atoms with Crippen LogP contribution in [0.4, 0.5) is 11.4 Å². The fourth-order valence-corrected chi connectivity index (χ4v) is 3.08. The first kappa shape index (κ1) is 16.8. The van der Waals surface area contributed by atoms with Gasteiger partial charge in [0.05, 0.1) is 17.9 Å². The van der Waals surface area contributed by atoms with Crippen molar-refractivity contribution in [3.63, 3.8) is 0 Å². The van der Waals surface area contributed by atoms with Crippen molar-refractivity contribution in [2.45, 2.75) is 38.6 Å². The van der Waals surface area contributed by atoms with Crippen LogP contribution in [-0.2, 0) is 6.54 Å². The van der Waals surface area contributed by atoms with Gasteiger partial charge in [0.1, 0.15) is 5.84 Å². The Bertz CT molecular complexity index is 697. The van der Waals surface area contributed by atoms with Crippen molar-refractivity contribution in [1.29, 1.82) is 0 Å². The van der Waals surface area contributed by atoms with Gasteiger partial charge in [0.15, 0.2) is 0 Å². The van der Waals surface area contributed by atoms with E-state index in [-0.39, 0.29) is 0 Å². The van der Waals surface area contributed by atoms with Crippen LogP contribution in [0.15, 0.2) is 53.5 Å². The first-order chi connectivity index (χ1) is 11.8. The Hall–Kier alpha value is -2.00. The summed E-state index contributed by atoms with van der Waals surface area (Å²) >= 11 is 6.25. The lowest BCUT2D eigenvalue weighted by Gasteiger charge is -2.14. The normalized spacial score (nSPS) is 17.3. The third kappa shape index (κ3) is 4.75. The minimum Gasteiger partial charge on any atom is -0.383 e. The number of nitrogens with one attached hydrogen (secondary N) is 2. The van der Waals surface area contributed by atoms with E-state index in [0.717, 1.165) is 47.2 Å². The number of anilines is 2. The van der Waals surface area contributed by atoms with Gasteiger partial charge in [-0.15, -0.1) is 0 Å². The Labute approximate surface area is 149 Å². The summed E-state index contributed by atoms with van der Waals surface area (Å²) in [7, 11) is 0. The Morgan fingerprint density at radius 3 is 2.50 bits per heavy atom. The maximum absolute atomic E-state index is 6.25. The molecule has 3 rings (SSSR count). The molecule has 1 aliphatic rings. The number of halogens is 1. The molecule has 2 aromatic carbocycles. The first-order valence-corrected chi connectivity index (χ1v) is 9.07. The van der Waals surface area contributed by atoms with Crippen molar-refractivity contribution in [3.8, 4) is 0 Å². The predicted octanol–water partition coefficient (Wildman–Crippen LogP) is 5.73. The summed E-state index contributed by atoms with van der Waals surface area (Å²) in [5.41, 5.74) is 3.30. The molecule has 0 radical (unpaired) electrons. The van der Waals surface area contributed by atoms with Gasteiger partial charge < -0.3 is 10.6 Å². The van der Waals surface area contributed by atoms with E-state index < -0.39 is 0 Å². The molecule has 2 N–H and O–H groups in total. The molecule has 4 heteroatoms. The third-order valence-electron chi connectivity index (χ3n) is 4.26. The third-order valence-corrected chi connectivity index (χ3v) is 4.63. The van der Waals surface area contributed by atoms with E-state index >= 15 is 0 Å². The van der Waals surface area contributed by atoms with Crippen LogP contribution in [0.1, 0.15) is 37.7 Å². The minimum absolute atomic E-state index is 0.609. The SMILES string of the molecule is Clc1ccccc1CN=C1CCCCCCNc2ccccc2N1. The van der Waals surface area contributed by atoms with E-state index in [1.807, 2.05) is 24.3 Å². The second-order valence-electron chi connectivity index (χ2n) is 6.12. The van der Waals surface area contributed by atoms with Crippen LogP contribution in [0, 0.1) is 0 Å². The highest BCUT2D eigenvalue weighted by molar-refractivity contribution is 6.31. The molecule has 0 amide bonds. The van der Waals surface area contributed by atoms with Gasteiger partial charge in [0, 0.05) is 18.0 Å². The predicted molar refractivity (Wildman–Crippen MR) is 104 cm³/mol. The van der Waals surface area contributed by atoms with Crippen molar-refractivity contribution in [2.75, 3.05) is 17.2 Å². The zero-order valence-electron chi connectivity index (χ0n) is 13.9. The number of hydrogen-bond acceptors (Lipinski definition) is 2. The minimum atomic E-state index is 0.609. The number of hydrogen-bond donors (Lipinski definition) is 2. The van der Waals surface area contributed by atoms with E-state index in [4.69, 9.17) is 16.6 Å². The number of amidine groups is 1. The van der Waals surface area contributed by atoms with E-state index in [9.17, 15) is 0 Å². The molecule has 1 aliphatic heterocycles. The van der Waals surface area contributed by atoms with Gasteiger partial charge in [0.2, 0.25) is 0 Å². The maximum atomic E-state index is 6.25. The molecule has 126 valence electrons. The highest BCUT2D eigenvalue weighted by Gasteiger charge is 2.07. The molecular weight excluding hydrogens is 318 g/mol. The average Bonchev–Trinajstić information content (AvgIpc) is 2.65. The number of aliphatic imine (C=N–C) groups is 1.